The number of rotatable bonds is 3. The Hall–Kier alpha value is -2.70. The maximum Gasteiger partial charge on any atom is 0.252 e. The van der Waals surface area contributed by atoms with Gasteiger partial charge in [-0.15, -0.1) is 0 Å². The van der Waals surface area contributed by atoms with E-state index in [2.05, 4.69) is 38.8 Å². The number of amides is 1. The summed E-state index contributed by atoms with van der Waals surface area (Å²) in [6.45, 7) is 6.79. The van der Waals surface area contributed by atoms with Crippen molar-refractivity contribution in [1.82, 2.24) is 29.6 Å². The van der Waals surface area contributed by atoms with Crippen molar-refractivity contribution < 1.29 is 4.79 Å². The molecule has 0 aliphatic carbocycles. The largest absolute Gasteiger partial charge is 0.347 e. The monoisotopic (exact) mass is 338 g/mol. The van der Waals surface area contributed by atoms with Gasteiger partial charge in [-0.05, 0) is 33.3 Å². The van der Waals surface area contributed by atoms with Crippen molar-refractivity contribution in [2.45, 2.75) is 52.2 Å². The van der Waals surface area contributed by atoms with E-state index in [1.165, 1.54) is 0 Å². The van der Waals surface area contributed by atoms with Gasteiger partial charge >= 0.3 is 0 Å². The molecule has 4 heterocycles. The zero-order valence-electron chi connectivity index (χ0n) is 14.7. The number of imidazole rings is 1. The lowest BCUT2D eigenvalue weighted by Crippen LogP contribution is -2.41. The van der Waals surface area contributed by atoms with Crippen molar-refractivity contribution >= 4 is 16.9 Å². The van der Waals surface area contributed by atoms with Gasteiger partial charge in [0.05, 0.1) is 17.1 Å². The molecule has 0 radical (unpaired) electrons. The minimum Gasteiger partial charge on any atom is -0.347 e. The fraction of sp³-hybridized carbons (Fsp3) is 0.444. The number of nitrogens with one attached hydrogen (secondary N) is 1. The first-order valence-corrected chi connectivity index (χ1v) is 8.68. The Bertz CT molecular complexity index is 938. The van der Waals surface area contributed by atoms with Crippen LogP contribution in [-0.2, 0) is 13.0 Å². The lowest BCUT2D eigenvalue weighted by molar-refractivity contribution is 0.0929. The average molecular weight is 338 g/mol. The molecule has 7 heteroatoms. The first kappa shape index (κ1) is 15.8. The summed E-state index contributed by atoms with van der Waals surface area (Å²) in [5.74, 6) is 1.03. The zero-order valence-corrected chi connectivity index (χ0v) is 14.7. The number of pyridine rings is 1. The molecule has 1 atom stereocenters. The Labute approximate surface area is 146 Å². The molecule has 0 saturated heterocycles. The third-order valence-electron chi connectivity index (χ3n) is 4.70. The maximum absolute atomic E-state index is 12.9. The van der Waals surface area contributed by atoms with Gasteiger partial charge in [-0.3, -0.25) is 4.79 Å². The maximum atomic E-state index is 12.9. The summed E-state index contributed by atoms with van der Waals surface area (Å²) in [6.07, 6.45) is 7.31. The normalized spacial score (nSPS) is 17.0. The first-order valence-electron chi connectivity index (χ1n) is 8.68. The molecule has 0 bridgehead atoms. The zero-order chi connectivity index (χ0) is 17.6. The predicted octanol–water partition coefficient (Wildman–Crippen LogP) is 2.26. The van der Waals surface area contributed by atoms with E-state index in [1.54, 1.807) is 6.20 Å². The summed E-state index contributed by atoms with van der Waals surface area (Å²) in [6, 6.07) is 2.15. The number of carbonyl (C=O) groups excluding carboxylic acids is 1. The van der Waals surface area contributed by atoms with E-state index in [0.29, 0.717) is 5.56 Å². The van der Waals surface area contributed by atoms with Crippen LogP contribution >= 0.6 is 0 Å². The Morgan fingerprint density at radius 3 is 3.04 bits per heavy atom. The quantitative estimate of drug-likeness (QED) is 0.795. The van der Waals surface area contributed by atoms with Gasteiger partial charge in [0, 0.05) is 43.1 Å². The fourth-order valence-electron chi connectivity index (χ4n) is 3.46. The van der Waals surface area contributed by atoms with Crippen LogP contribution in [0.5, 0.6) is 0 Å². The highest BCUT2D eigenvalue weighted by atomic mass is 16.1. The molecule has 1 amide bonds. The second kappa shape index (κ2) is 5.98. The molecule has 1 N–H and O–H groups in total. The summed E-state index contributed by atoms with van der Waals surface area (Å²) >= 11 is 0. The van der Waals surface area contributed by atoms with Gasteiger partial charge in [0.2, 0.25) is 0 Å². The molecule has 0 fully saturated rings. The summed E-state index contributed by atoms with van der Waals surface area (Å²) in [7, 11) is 0. The second-order valence-electron chi connectivity index (χ2n) is 6.94. The van der Waals surface area contributed by atoms with E-state index >= 15 is 0 Å². The van der Waals surface area contributed by atoms with Crippen molar-refractivity contribution in [2.24, 2.45) is 0 Å². The van der Waals surface area contributed by atoms with Crippen molar-refractivity contribution in [3.8, 4) is 0 Å². The van der Waals surface area contributed by atoms with Crippen molar-refractivity contribution in [1.29, 1.82) is 0 Å². The van der Waals surface area contributed by atoms with Gasteiger partial charge in [-0.2, -0.15) is 5.10 Å². The van der Waals surface area contributed by atoms with Gasteiger partial charge in [0.1, 0.15) is 5.82 Å². The molecule has 0 unspecified atom stereocenters. The van der Waals surface area contributed by atoms with Crippen LogP contribution in [0.1, 0.15) is 48.2 Å². The Kier molecular flexibility index (Phi) is 3.78. The van der Waals surface area contributed by atoms with Crippen LogP contribution in [0.4, 0.5) is 0 Å². The molecule has 0 aromatic carbocycles. The van der Waals surface area contributed by atoms with Crippen LogP contribution in [0.15, 0.2) is 24.7 Å². The number of hydrogen-bond acceptors (Lipinski definition) is 4. The van der Waals surface area contributed by atoms with Crippen LogP contribution in [0.3, 0.4) is 0 Å². The smallest absolute Gasteiger partial charge is 0.252 e. The number of fused-ring (bicyclic) bond motifs is 2. The van der Waals surface area contributed by atoms with Gasteiger partial charge in [-0.1, -0.05) is 0 Å². The Morgan fingerprint density at radius 2 is 2.24 bits per heavy atom. The highest BCUT2D eigenvalue weighted by molar-refractivity contribution is 6.05. The van der Waals surface area contributed by atoms with Crippen LogP contribution in [0.25, 0.3) is 11.0 Å². The predicted molar refractivity (Wildman–Crippen MR) is 94.5 cm³/mol. The number of carbonyl (C=O) groups is 1. The van der Waals surface area contributed by atoms with E-state index < -0.39 is 0 Å². The van der Waals surface area contributed by atoms with Gasteiger partial charge in [0.15, 0.2) is 5.65 Å². The first-order chi connectivity index (χ1) is 12.0. The van der Waals surface area contributed by atoms with E-state index in [-0.39, 0.29) is 18.0 Å². The van der Waals surface area contributed by atoms with E-state index in [1.807, 2.05) is 30.1 Å². The van der Waals surface area contributed by atoms with Crippen LogP contribution in [-0.4, -0.2) is 36.3 Å². The van der Waals surface area contributed by atoms with Crippen molar-refractivity contribution in [2.75, 3.05) is 0 Å². The van der Waals surface area contributed by atoms with Gasteiger partial charge in [0.25, 0.3) is 5.91 Å². The lowest BCUT2D eigenvalue weighted by atomic mass is 10.1. The summed E-state index contributed by atoms with van der Waals surface area (Å²) in [5, 5.41) is 8.38. The topological polar surface area (TPSA) is 77.6 Å². The van der Waals surface area contributed by atoms with Crippen molar-refractivity contribution in [3.63, 3.8) is 0 Å². The Balaban J connectivity index is 1.62. The summed E-state index contributed by atoms with van der Waals surface area (Å²) < 4.78 is 3.97. The SMILES string of the molecule is Cc1cc(C(=O)N[C@@H]2CCc3nccn3C2)c2cnn(C(C)C)c2n1. The van der Waals surface area contributed by atoms with Gasteiger partial charge < -0.3 is 9.88 Å². The highest BCUT2D eigenvalue weighted by Gasteiger charge is 2.23. The number of nitrogens with zero attached hydrogens (tertiary/aromatic N) is 5. The molecule has 4 rings (SSSR count). The van der Waals surface area contributed by atoms with Crippen LogP contribution in [0.2, 0.25) is 0 Å². The number of aryl methyl sites for hydroxylation is 2. The molecule has 1 aliphatic rings. The molecule has 3 aromatic heterocycles. The number of hydrogen-bond donors (Lipinski definition) is 1. The molecule has 130 valence electrons. The minimum absolute atomic E-state index is 0.0626. The summed E-state index contributed by atoms with van der Waals surface area (Å²) in [4.78, 5) is 21.8. The lowest BCUT2D eigenvalue weighted by Gasteiger charge is -2.24. The molecule has 7 nitrogen and oxygen atoms in total. The molecule has 3 aromatic rings. The molecule has 0 spiro atoms. The van der Waals surface area contributed by atoms with Crippen molar-refractivity contribution in [3.05, 3.63) is 41.7 Å². The third-order valence-corrected chi connectivity index (χ3v) is 4.70. The minimum atomic E-state index is -0.0626. The van der Waals surface area contributed by atoms with E-state index in [0.717, 1.165) is 41.9 Å². The van der Waals surface area contributed by atoms with E-state index in [4.69, 9.17) is 0 Å². The van der Waals surface area contributed by atoms with Crippen LogP contribution < -0.4 is 5.32 Å². The average Bonchev–Trinajstić information content (AvgIpc) is 3.19. The fourth-order valence-corrected chi connectivity index (χ4v) is 3.46. The molecular weight excluding hydrogens is 316 g/mol. The van der Waals surface area contributed by atoms with Crippen LogP contribution in [0, 0.1) is 6.92 Å². The number of aromatic nitrogens is 5. The third kappa shape index (κ3) is 2.79. The van der Waals surface area contributed by atoms with Gasteiger partial charge in [-0.25, -0.2) is 14.6 Å². The highest BCUT2D eigenvalue weighted by Crippen LogP contribution is 2.22. The van der Waals surface area contributed by atoms with E-state index in [9.17, 15) is 4.79 Å². The Morgan fingerprint density at radius 1 is 1.40 bits per heavy atom. The molecule has 25 heavy (non-hydrogen) atoms. The standard InChI is InChI=1S/C18H22N6O/c1-11(2)24-17-15(9-20-24)14(8-12(3)21-17)18(25)22-13-4-5-16-19-6-7-23(16)10-13/h6-9,11,13H,4-5,10H2,1-3H3,(H,22,25)/t13-/m1/s1. The molecule has 0 saturated carbocycles. The summed E-state index contributed by atoms with van der Waals surface area (Å²) in [5.41, 5.74) is 2.23. The molecular formula is C18H22N6O. The second-order valence-corrected chi connectivity index (χ2v) is 6.94. The molecule has 1 aliphatic heterocycles.